The van der Waals surface area contributed by atoms with E-state index in [0.717, 1.165) is 0 Å². The van der Waals surface area contributed by atoms with Crippen molar-refractivity contribution in [1.82, 2.24) is 4.31 Å². The molecule has 1 N–H and O–H groups in total. The Kier molecular flexibility index (Phi) is 3.76. The molecule has 2 heterocycles. The van der Waals surface area contributed by atoms with Crippen molar-refractivity contribution in [1.29, 1.82) is 0 Å². The molecular formula is C11H17NO5S. The van der Waals surface area contributed by atoms with Gasteiger partial charge in [-0.25, -0.2) is 8.42 Å². The smallest absolute Gasteiger partial charge is 0.246 e. The number of hydrogen-bond donors (Lipinski definition) is 1. The van der Waals surface area contributed by atoms with Crippen molar-refractivity contribution in [3.63, 3.8) is 0 Å². The van der Waals surface area contributed by atoms with Crippen molar-refractivity contribution in [2.24, 2.45) is 0 Å². The second-order valence-electron chi connectivity index (χ2n) is 4.34. The van der Waals surface area contributed by atoms with Crippen molar-refractivity contribution in [2.45, 2.75) is 31.5 Å². The van der Waals surface area contributed by atoms with E-state index in [2.05, 4.69) is 0 Å². The first-order valence-corrected chi connectivity index (χ1v) is 7.21. The Hall–Kier alpha value is -0.890. The van der Waals surface area contributed by atoms with Gasteiger partial charge in [0.25, 0.3) is 0 Å². The zero-order chi connectivity index (χ0) is 13.3. The summed E-state index contributed by atoms with van der Waals surface area (Å²) < 4.78 is 36.7. The van der Waals surface area contributed by atoms with Crippen LogP contribution in [0.25, 0.3) is 0 Å². The molecule has 1 aliphatic rings. The highest BCUT2D eigenvalue weighted by atomic mass is 32.2. The van der Waals surface area contributed by atoms with E-state index in [0.29, 0.717) is 25.5 Å². The molecule has 0 spiro atoms. The average molecular weight is 275 g/mol. The first-order chi connectivity index (χ1) is 8.45. The molecule has 0 aliphatic carbocycles. The molecule has 6 nitrogen and oxygen atoms in total. The third-order valence-corrected chi connectivity index (χ3v) is 4.87. The molecule has 1 fully saturated rings. The SMILES string of the molecule is Cc1oc(CO)cc1S(=O)(=O)N1CCOC(C)C1. The van der Waals surface area contributed by atoms with Gasteiger partial charge in [-0.2, -0.15) is 4.31 Å². The predicted octanol–water partition coefficient (Wildman–Crippen LogP) is 0.490. The molecule has 7 heteroatoms. The molecule has 102 valence electrons. The van der Waals surface area contributed by atoms with Gasteiger partial charge in [-0.3, -0.25) is 0 Å². The largest absolute Gasteiger partial charge is 0.462 e. The second-order valence-corrected chi connectivity index (χ2v) is 6.24. The third kappa shape index (κ3) is 2.44. The van der Waals surface area contributed by atoms with Gasteiger partial charge in [0.2, 0.25) is 10.0 Å². The highest BCUT2D eigenvalue weighted by Crippen LogP contribution is 2.25. The Bertz CT molecular complexity index is 522. The summed E-state index contributed by atoms with van der Waals surface area (Å²) in [6.07, 6.45) is -0.113. The number of aliphatic hydroxyl groups is 1. The van der Waals surface area contributed by atoms with Gasteiger partial charge in [-0.05, 0) is 13.8 Å². The van der Waals surface area contributed by atoms with Crippen LogP contribution in [0.1, 0.15) is 18.4 Å². The van der Waals surface area contributed by atoms with Gasteiger partial charge in [0.05, 0.1) is 12.7 Å². The summed E-state index contributed by atoms with van der Waals surface area (Å²) in [4.78, 5) is 0.126. The fourth-order valence-corrected chi connectivity index (χ4v) is 3.69. The quantitative estimate of drug-likeness (QED) is 0.868. The molecule has 1 aromatic heterocycles. The minimum Gasteiger partial charge on any atom is -0.462 e. The zero-order valence-electron chi connectivity index (χ0n) is 10.4. The molecule has 2 rings (SSSR count). The topological polar surface area (TPSA) is 80.0 Å². The van der Waals surface area contributed by atoms with Gasteiger partial charge in [-0.1, -0.05) is 0 Å². The molecule has 1 aromatic rings. The lowest BCUT2D eigenvalue weighted by Crippen LogP contribution is -2.44. The van der Waals surface area contributed by atoms with Crippen LogP contribution in [0.2, 0.25) is 0 Å². The summed E-state index contributed by atoms with van der Waals surface area (Å²) in [5.41, 5.74) is 0. The molecule has 0 aromatic carbocycles. The standard InChI is InChI=1S/C11H17NO5S/c1-8-6-12(3-4-16-8)18(14,15)11-5-10(7-13)17-9(11)2/h5,8,13H,3-4,6-7H2,1-2H3. The number of rotatable bonds is 3. The van der Waals surface area contributed by atoms with E-state index >= 15 is 0 Å². The van der Waals surface area contributed by atoms with Crippen LogP contribution in [-0.2, 0) is 21.4 Å². The molecule has 0 radical (unpaired) electrons. The fraction of sp³-hybridized carbons (Fsp3) is 0.636. The maximum atomic E-state index is 12.4. The lowest BCUT2D eigenvalue weighted by molar-refractivity contribution is 0.0101. The Labute approximate surface area is 106 Å². The summed E-state index contributed by atoms with van der Waals surface area (Å²) in [5, 5.41) is 8.97. The van der Waals surface area contributed by atoms with Crippen LogP contribution in [0.15, 0.2) is 15.4 Å². The highest BCUT2D eigenvalue weighted by molar-refractivity contribution is 7.89. The number of furan rings is 1. The van der Waals surface area contributed by atoms with E-state index in [1.807, 2.05) is 6.92 Å². The number of ether oxygens (including phenoxy) is 1. The molecule has 1 unspecified atom stereocenters. The molecule has 1 atom stereocenters. The van der Waals surface area contributed by atoms with Gasteiger partial charge in [0.1, 0.15) is 23.0 Å². The van der Waals surface area contributed by atoms with Crippen LogP contribution < -0.4 is 0 Å². The minimum absolute atomic E-state index is 0.113. The van der Waals surface area contributed by atoms with E-state index in [-0.39, 0.29) is 23.4 Å². The Balaban J connectivity index is 2.32. The number of aliphatic hydroxyl groups excluding tert-OH is 1. The molecule has 1 saturated heterocycles. The number of sulfonamides is 1. The van der Waals surface area contributed by atoms with Crippen LogP contribution in [0.3, 0.4) is 0 Å². The lowest BCUT2D eigenvalue weighted by Gasteiger charge is -2.30. The van der Waals surface area contributed by atoms with E-state index < -0.39 is 10.0 Å². The summed E-state index contributed by atoms with van der Waals surface area (Å²) in [5.74, 6) is 0.561. The number of aryl methyl sites for hydroxylation is 1. The van der Waals surface area contributed by atoms with E-state index in [4.69, 9.17) is 14.3 Å². The van der Waals surface area contributed by atoms with Crippen molar-refractivity contribution in [3.05, 3.63) is 17.6 Å². The predicted molar refractivity (Wildman–Crippen MR) is 63.5 cm³/mol. The monoisotopic (exact) mass is 275 g/mol. The van der Waals surface area contributed by atoms with Crippen molar-refractivity contribution >= 4 is 10.0 Å². The fourth-order valence-electron chi connectivity index (χ4n) is 2.00. The van der Waals surface area contributed by atoms with Gasteiger partial charge >= 0.3 is 0 Å². The van der Waals surface area contributed by atoms with E-state index in [9.17, 15) is 8.42 Å². The summed E-state index contributed by atoms with van der Waals surface area (Å²) in [7, 11) is -3.57. The van der Waals surface area contributed by atoms with Crippen molar-refractivity contribution in [2.75, 3.05) is 19.7 Å². The first-order valence-electron chi connectivity index (χ1n) is 5.77. The van der Waals surface area contributed by atoms with Crippen LogP contribution in [0.5, 0.6) is 0 Å². The highest BCUT2D eigenvalue weighted by Gasteiger charge is 2.32. The van der Waals surface area contributed by atoms with Gasteiger partial charge in [0, 0.05) is 19.2 Å². The van der Waals surface area contributed by atoms with E-state index in [1.54, 1.807) is 6.92 Å². The van der Waals surface area contributed by atoms with Gasteiger partial charge < -0.3 is 14.3 Å². The van der Waals surface area contributed by atoms with Crippen molar-refractivity contribution in [3.8, 4) is 0 Å². The van der Waals surface area contributed by atoms with Gasteiger partial charge in [0.15, 0.2) is 0 Å². The van der Waals surface area contributed by atoms with Crippen LogP contribution >= 0.6 is 0 Å². The molecular weight excluding hydrogens is 258 g/mol. The molecule has 1 aliphatic heterocycles. The Morgan fingerprint density at radius 3 is 2.83 bits per heavy atom. The van der Waals surface area contributed by atoms with Crippen LogP contribution in [-0.4, -0.2) is 43.6 Å². The summed E-state index contributed by atoms with van der Waals surface area (Å²) in [6, 6.07) is 1.38. The molecule has 0 saturated carbocycles. The average Bonchev–Trinajstić information content (AvgIpc) is 2.71. The molecule has 0 amide bonds. The first kappa shape index (κ1) is 13.5. The minimum atomic E-state index is -3.57. The number of morpholine rings is 1. The van der Waals surface area contributed by atoms with Crippen molar-refractivity contribution < 1.29 is 22.7 Å². The normalized spacial score (nSPS) is 22.3. The maximum absolute atomic E-state index is 12.4. The number of hydrogen-bond acceptors (Lipinski definition) is 5. The van der Waals surface area contributed by atoms with Gasteiger partial charge in [-0.15, -0.1) is 0 Å². The maximum Gasteiger partial charge on any atom is 0.246 e. The summed E-state index contributed by atoms with van der Waals surface area (Å²) >= 11 is 0. The van der Waals surface area contributed by atoms with Crippen LogP contribution in [0.4, 0.5) is 0 Å². The Morgan fingerprint density at radius 1 is 1.56 bits per heavy atom. The summed E-state index contributed by atoms with van der Waals surface area (Å²) in [6.45, 7) is 4.17. The Morgan fingerprint density at radius 2 is 2.28 bits per heavy atom. The van der Waals surface area contributed by atoms with Crippen LogP contribution in [0, 0.1) is 6.92 Å². The molecule has 0 bridgehead atoms. The third-order valence-electron chi connectivity index (χ3n) is 2.90. The number of nitrogens with zero attached hydrogens (tertiary/aromatic N) is 1. The lowest BCUT2D eigenvalue weighted by atomic mass is 10.3. The van der Waals surface area contributed by atoms with E-state index in [1.165, 1.54) is 10.4 Å². The molecule has 18 heavy (non-hydrogen) atoms. The zero-order valence-corrected chi connectivity index (χ0v) is 11.2. The second kappa shape index (κ2) is 5.00.